The van der Waals surface area contributed by atoms with Crippen LogP contribution in [-0.4, -0.2) is 19.9 Å². The predicted octanol–water partition coefficient (Wildman–Crippen LogP) is 2.11. The minimum Gasteiger partial charge on any atom is -0.312 e. The average molecular weight is 303 g/mol. The Kier molecular flexibility index (Phi) is 4.33. The van der Waals surface area contributed by atoms with E-state index in [4.69, 9.17) is 0 Å². The minimum atomic E-state index is -3.53. The summed E-state index contributed by atoms with van der Waals surface area (Å²) in [5, 5.41) is 7.02. The molecule has 8 heteroatoms. The normalized spacial score (nSPS) is 11.6. The largest absolute Gasteiger partial charge is 0.312 e. The van der Waals surface area contributed by atoms with Crippen LogP contribution in [0.1, 0.15) is 11.8 Å². The van der Waals surface area contributed by atoms with E-state index in [1.807, 2.05) is 6.92 Å². The van der Waals surface area contributed by atoms with Gasteiger partial charge in [0.2, 0.25) is 0 Å². The van der Waals surface area contributed by atoms with Gasteiger partial charge in [-0.2, -0.15) is 0 Å². The van der Waals surface area contributed by atoms with Crippen molar-refractivity contribution in [3.8, 4) is 0 Å². The standard InChI is InChI=1S/C10H13N3O2S3/c1-2-11-7-8-9(3-5-16-8)18(14,15)13-10-12-4-6-17-10/h3-6,11H,2,7H2,1H3,(H,12,13). The highest BCUT2D eigenvalue weighted by atomic mass is 32.2. The third-order valence-corrected chi connectivity index (χ3v) is 5.48. The molecule has 18 heavy (non-hydrogen) atoms. The van der Waals surface area contributed by atoms with Crippen molar-refractivity contribution in [3.63, 3.8) is 0 Å². The van der Waals surface area contributed by atoms with Crippen molar-refractivity contribution in [3.05, 3.63) is 27.9 Å². The molecule has 2 N–H and O–H groups in total. The van der Waals surface area contributed by atoms with Gasteiger partial charge in [0.25, 0.3) is 10.0 Å². The molecule has 5 nitrogen and oxygen atoms in total. The van der Waals surface area contributed by atoms with Crippen molar-refractivity contribution in [1.82, 2.24) is 10.3 Å². The fourth-order valence-corrected chi connectivity index (χ4v) is 4.58. The van der Waals surface area contributed by atoms with E-state index in [2.05, 4.69) is 15.0 Å². The molecule has 98 valence electrons. The zero-order valence-electron chi connectivity index (χ0n) is 9.71. The molecule has 0 amide bonds. The number of sulfonamides is 1. The lowest BCUT2D eigenvalue weighted by molar-refractivity contribution is 0.599. The second kappa shape index (κ2) is 5.79. The molecule has 0 radical (unpaired) electrons. The number of anilines is 1. The van der Waals surface area contributed by atoms with Gasteiger partial charge in [-0.25, -0.2) is 13.4 Å². The van der Waals surface area contributed by atoms with Gasteiger partial charge in [-0.3, -0.25) is 4.72 Å². The van der Waals surface area contributed by atoms with Gasteiger partial charge < -0.3 is 5.32 Å². The van der Waals surface area contributed by atoms with Crippen LogP contribution in [0.5, 0.6) is 0 Å². The second-order valence-corrected chi connectivity index (χ2v) is 6.98. The zero-order chi connectivity index (χ0) is 13.0. The van der Waals surface area contributed by atoms with Gasteiger partial charge >= 0.3 is 0 Å². The van der Waals surface area contributed by atoms with Crippen LogP contribution in [0.2, 0.25) is 0 Å². The first-order valence-electron chi connectivity index (χ1n) is 5.33. The molecule has 0 unspecified atom stereocenters. The van der Waals surface area contributed by atoms with E-state index in [0.717, 1.165) is 11.4 Å². The van der Waals surface area contributed by atoms with Crippen molar-refractivity contribution in [2.24, 2.45) is 0 Å². The number of aromatic nitrogens is 1. The van der Waals surface area contributed by atoms with E-state index in [1.165, 1.54) is 22.7 Å². The third kappa shape index (κ3) is 3.08. The van der Waals surface area contributed by atoms with Crippen LogP contribution in [-0.2, 0) is 16.6 Å². The molecule has 0 bridgehead atoms. The fourth-order valence-electron chi connectivity index (χ4n) is 1.38. The topological polar surface area (TPSA) is 71.1 Å². The quantitative estimate of drug-likeness (QED) is 0.857. The first kappa shape index (κ1) is 13.5. The highest BCUT2D eigenvalue weighted by molar-refractivity contribution is 7.93. The summed E-state index contributed by atoms with van der Waals surface area (Å²) < 4.78 is 26.8. The number of nitrogens with zero attached hydrogens (tertiary/aromatic N) is 1. The second-order valence-electron chi connectivity index (χ2n) is 3.43. The number of nitrogens with one attached hydrogen (secondary N) is 2. The van der Waals surface area contributed by atoms with E-state index >= 15 is 0 Å². The summed E-state index contributed by atoms with van der Waals surface area (Å²) >= 11 is 2.69. The molecule has 0 aliphatic rings. The van der Waals surface area contributed by atoms with Gasteiger partial charge in [-0.1, -0.05) is 6.92 Å². The maximum absolute atomic E-state index is 12.2. The van der Waals surface area contributed by atoms with E-state index in [9.17, 15) is 8.42 Å². The Labute approximate surface area is 114 Å². The van der Waals surface area contributed by atoms with Gasteiger partial charge in [0, 0.05) is 23.0 Å². The first-order valence-corrected chi connectivity index (χ1v) is 8.57. The summed E-state index contributed by atoms with van der Waals surface area (Å²) in [6.07, 6.45) is 1.57. The molecule has 2 aromatic rings. The van der Waals surface area contributed by atoms with Crippen molar-refractivity contribution in [2.45, 2.75) is 18.4 Å². The Balaban J connectivity index is 2.22. The molecular weight excluding hydrogens is 290 g/mol. The number of thiophene rings is 1. The highest BCUT2D eigenvalue weighted by Gasteiger charge is 2.20. The van der Waals surface area contributed by atoms with Gasteiger partial charge in [0.15, 0.2) is 5.13 Å². The van der Waals surface area contributed by atoms with Crippen LogP contribution in [0, 0.1) is 0 Å². The maximum Gasteiger partial charge on any atom is 0.264 e. The summed E-state index contributed by atoms with van der Waals surface area (Å²) in [6.45, 7) is 3.34. The fraction of sp³-hybridized carbons (Fsp3) is 0.300. The van der Waals surface area contributed by atoms with Crippen LogP contribution in [0.3, 0.4) is 0 Å². The Morgan fingerprint density at radius 1 is 1.33 bits per heavy atom. The summed E-state index contributed by atoms with van der Waals surface area (Å²) in [7, 11) is -3.53. The number of hydrogen-bond acceptors (Lipinski definition) is 6. The Morgan fingerprint density at radius 2 is 2.17 bits per heavy atom. The molecule has 0 saturated heterocycles. The molecule has 0 aliphatic carbocycles. The lowest BCUT2D eigenvalue weighted by atomic mass is 10.4. The Morgan fingerprint density at radius 3 is 2.83 bits per heavy atom. The van der Waals surface area contributed by atoms with Crippen LogP contribution in [0.4, 0.5) is 5.13 Å². The van der Waals surface area contributed by atoms with Crippen molar-refractivity contribution in [2.75, 3.05) is 11.3 Å². The molecule has 0 aromatic carbocycles. The molecular formula is C10H13N3O2S3. The summed E-state index contributed by atoms with van der Waals surface area (Å²) in [5.41, 5.74) is 0. The first-order chi connectivity index (χ1) is 8.63. The van der Waals surface area contributed by atoms with Crippen LogP contribution in [0.15, 0.2) is 27.9 Å². The van der Waals surface area contributed by atoms with Crippen molar-refractivity contribution >= 4 is 37.8 Å². The Hall–Kier alpha value is -0.960. The number of hydrogen-bond donors (Lipinski definition) is 2. The highest BCUT2D eigenvalue weighted by Crippen LogP contribution is 2.24. The van der Waals surface area contributed by atoms with Gasteiger partial charge in [0.05, 0.1) is 0 Å². The molecule has 2 heterocycles. The molecule has 0 aliphatic heterocycles. The molecule has 0 atom stereocenters. The molecule has 2 aromatic heterocycles. The molecule has 2 rings (SSSR count). The van der Waals surface area contributed by atoms with E-state index in [1.54, 1.807) is 23.0 Å². The Bertz CT molecular complexity index is 590. The SMILES string of the molecule is CCNCc1sccc1S(=O)(=O)Nc1nccs1. The van der Waals surface area contributed by atoms with E-state index < -0.39 is 10.0 Å². The average Bonchev–Trinajstić information content (AvgIpc) is 2.96. The number of thiazole rings is 1. The van der Waals surface area contributed by atoms with Crippen LogP contribution >= 0.6 is 22.7 Å². The van der Waals surface area contributed by atoms with Gasteiger partial charge in [0.1, 0.15) is 4.90 Å². The number of rotatable bonds is 6. The van der Waals surface area contributed by atoms with E-state index in [-0.39, 0.29) is 0 Å². The lowest BCUT2D eigenvalue weighted by Crippen LogP contribution is -2.17. The molecule has 0 spiro atoms. The van der Waals surface area contributed by atoms with Gasteiger partial charge in [-0.05, 0) is 18.0 Å². The summed E-state index contributed by atoms with van der Waals surface area (Å²) in [4.78, 5) is 5.05. The summed E-state index contributed by atoms with van der Waals surface area (Å²) in [5.74, 6) is 0. The smallest absolute Gasteiger partial charge is 0.264 e. The van der Waals surface area contributed by atoms with Crippen molar-refractivity contribution < 1.29 is 8.42 Å². The van der Waals surface area contributed by atoms with Crippen molar-refractivity contribution in [1.29, 1.82) is 0 Å². The summed E-state index contributed by atoms with van der Waals surface area (Å²) in [6, 6.07) is 1.62. The predicted molar refractivity (Wildman–Crippen MR) is 74.6 cm³/mol. The zero-order valence-corrected chi connectivity index (χ0v) is 12.2. The molecule has 0 fully saturated rings. The molecule has 0 saturated carbocycles. The third-order valence-electron chi connectivity index (χ3n) is 2.18. The maximum atomic E-state index is 12.2. The monoisotopic (exact) mass is 303 g/mol. The van der Waals surface area contributed by atoms with E-state index in [0.29, 0.717) is 16.6 Å². The van der Waals surface area contributed by atoms with Gasteiger partial charge in [-0.15, -0.1) is 22.7 Å². The lowest BCUT2D eigenvalue weighted by Gasteiger charge is -2.06. The van der Waals surface area contributed by atoms with Crippen LogP contribution < -0.4 is 10.0 Å². The van der Waals surface area contributed by atoms with Crippen LogP contribution in [0.25, 0.3) is 0 Å². The minimum absolute atomic E-state index is 0.323.